The Morgan fingerprint density at radius 3 is 2.42 bits per heavy atom. The molecule has 0 aliphatic carbocycles. The minimum Gasteiger partial charge on any atom is -0.496 e. The highest BCUT2D eigenvalue weighted by Gasteiger charge is 2.19. The Morgan fingerprint density at radius 1 is 1.05 bits per heavy atom. The van der Waals surface area contributed by atoms with E-state index in [9.17, 15) is 4.39 Å². The SMILES string of the molecule is COc1ccc(Cl)cc1C(Cl)c1ccc(F)cc1Cl. The predicted molar refractivity (Wildman–Crippen MR) is 77.1 cm³/mol. The molecule has 0 N–H and O–H groups in total. The molecule has 0 radical (unpaired) electrons. The van der Waals surface area contributed by atoms with E-state index in [4.69, 9.17) is 39.5 Å². The zero-order valence-corrected chi connectivity index (χ0v) is 12.2. The molecular weight excluding hydrogens is 310 g/mol. The number of methoxy groups -OCH3 is 1. The van der Waals surface area contributed by atoms with E-state index >= 15 is 0 Å². The molecule has 1 atom stereocenters. The zero-order chi connectivity index (χ0) is 14.0. The topological polar surface area (TPSA) is 9.23 Å². The van der Waals surface area contributed by atoms with Gasteiger partial charge in [0.25, 0.3) is 0 Å². The molecular formula is C14H10Cl3FO. The minimum atomic E-state index is -0.568. The first-order chi connectivity index (χ1) is 9.02. The quantitative estimate of drug-likeness (QED) is 0.682. The van der Waals surface area contributed by atoms with Gasteiger partial charge in [-0.25, -0.2) is 4.39 Å². The highest BCUT2D eigenvalue weighted by Crippen LogP contribution is 2.39. The normalized spacial score (nSPS) is 12.3. The lowest BCUT2D eigenvalue weighted by Gasteiger charge is -2.16. The summed E-state index contributed by atoms with van der Waals surface area (Å²) in [6.07, 6.45) is 0. The number of benzene rings is 2. The summed E-state index contributed by atoms with van der Waals surface area (Å²) in [7, 11) is 1.54. The fourth-order valence-electron chi connectivity index (χ4n) is 1.78. The van der Waals surface area contributed by atoms with Crippen molar-refractivity contribution < 1.29 is 9.13 Å². The van der Waals surface area contributed by atoms with E-state index in [0.717, 1.165) is 0 Å². The van der Waals surface area contributed by atoms with Crippen LogP contribution >= 0.6 is 34.8 Å². The summed E-state index contributed by atoms with van der Waals surface area (Å²) in [4.78, 5) is 0. The van der Waals surface area contributed by atoms with E-state index in [2.05, 4.69) is 0 Å². The van der Waals surface area contributed by atoms with Crippen molar-refractivity contribution in [1.29, 1.82) is 0 Å². The van der Waals surface area contributed by atoms with Gasteiger partial charge in [0.2, 0.25) is 0 Å². The second-order valence-corrected chi connectivity index (χ2v) is 5.19. The Balaban J connectivity index is 2.49. The van der Waals surface area contributed by atoms with Gasteiger partial charge in [-0.2, -0.15) is 0 Å². The third kappa shape index (κ3) is 3.14. The largest absolute Gasteiger partial charge is 0.496 e. The monoisotopic (exact) mass is 318 g/mol. The van der Waals surface area contributed by atoms with Gasteiger partial charge in [0.1, 0.15) is 11.6 Å². The molecule has 5 heteroatoms. The standard InChI is InChI=1S/C14H10Cl3FO/c1-19-13-5-2-8(15)6-11(13)14(17)10-4-3-9(18)7-12(10)16/h2-7,14H,1H3. The van der Waals surface area contributed by atoms with Gasteiger partial charge in [0.05, 0.1) is 12.5 Å². The predicted octanol–water partition coefficient (Wildman–Crippen LogP) is 5.47. The smallest absolute Gasteiger partial charge is 0.124 e. The Bertz CT molecular complexity index is 601. The molecule has 0 heterocycles. The van der Waals surface area contributed by atoms with Crippen LogP contribution in [0.1, 0.15) is 16.5 Å². The van der Waals surface area contributed by atoms with E-state index in [0.29, 0.717) is 21.9 Å². The minimum absolute atomic E-state index is 0.266. The molecule has 0 spiro atoms. The molecule has 0 aliphatic heterocycles. The second-order valence-electron chi connectivity index (χ2n) is 3.91. The van der Waals surface area contributed by atoms with Crippen molar-refractivity contribution in [2.75, 3.05) is 7.11 Å². The van der Waals surface area contributed by atoms with Crippen LogP contribution < -0.4 is 4.74 Å². The summed E-state index contributed by atoms with van der Waals surface area (Å²) >= 11 is 18.4. The Morgan fingerprint density at radius 2 is 1.79 bits per heavy atom. The maximum absolute atomic E-state index is 13.0. The molecule has 0 aliphatic rings. The lowest BCUT2D eigenvalue weighted by molar-refractivity contribution is 0.410. The third-order valence-corrected chi connectivity index (χ3v) is 3.73. The van der Waals surface area contributed by atoms with Gasteiger partial charge in [-0.1, -0.05) is 29.3 Å². The molecule has 100 valence electrons. The second kappa shape index (κ2) is 6.00. The van der Waals surface area contributed by atoms with E-state index in [-0.39, 0.29) is 5.02 Å². The zero-order valence-electron chi connectivity index (χ0n) is 9.96. The molecule has 2 aromatic carbocycles. The van der Waals surface area contributed by atoms with Gasteiger partial charge in [0, 0.05) is 15.6 Å². The fraction of sp³-hybridized carbons (Fsp3) is 0.143. The van der Waals surface area contributed by atoms with Gasteiger partial charge >= 0.3 is 0 Å². The number of hydrogen-bond acceptors (Lipinski definition) is 1. The van der Waals surface area contributed by atoms with Gasteiger partial charge in [-0.3, -0.25) is 0 Å². The van der Waals surface area contributed by atoms with Crippen LogP contribution in [0.15, 0.2) is 36.4 Å². The van der Waals surface area contributed by atoms with E-state index in [1.807, 2.05) is 0 Å². The third-order valence-electron chi connectivity index (χ3n) is 2.70. The first-order valence-corrected chi connectivity index (χ1v) is 6.64. The van der Waals surface area contributed by atoms with Gasteiger partial charge < -0.3 is 4.74 Å². The molecule has 2 rings (SSSR count). The fourth-order valence-corrected chi connectivity index (χ4v) is 2.65. The van der Waals surface area contributed by atoms with Gasteiger partial charge in [-0.05, 0) is 35.9 Å². The van der Waals surface area contributed by atoms with E-state index in [1.54, 1.807) is 31.4 Å². The summed E-state index contributed by atoms with van der Waals surface area (Å²) in [6, 6.07) is 9.23. The van der Waals surface area contributed by atoms with Crippen molar-refractivity contribution >= 4 is 34.8 Å². The number of rotatable bonds is 3. The lowest BCUT2D eigenvalue weighted by Crippen LogP contribution is -1.98. The first-order valence-electron chi connectivity index (χ1n) is 5.45. The van der Waals surface area contributed by atoms with Crippen molar-refractivity contribution in [3.63, 3.8) is 0 Å². The molecule has 0 saturated heterocycles. The van der Waals surface area contributed by atoms with Crippen LogP contribution in [0.25, 0.3) is 0 Å². The van der Waals surface area contributed by atoms with Crippen molar-refractivity contribution in [3.05, 3.63) is 63.4 Å². The maximum Gasteiger partial charge on any atom is 0.124 e. The summed E-state index contributed by atoms with van der Waals surface area (Å²) < 4.78 is 18.3. The molecule has 1 nitrogen and oxygen atoms in total. The van der Waals surface area contributed by atoms with Crippen LogP contribution in [0.2, 0.25) is 10.0 Å². The highest BCUT2D eigenvalue weighted by atomic mass is 35.5. The molecule has 0 fully saturated rings. The van der Waals surface area contributed by atoms with E-state index in [1.165, 1.54) is 12.1 Å². The Kier molecular flexibility index (Phi) is 4.56. The number of alkyl halides is 1. The summed E-state index contributed by atoms with van der Waals surface area (Å²) in [5.74, 6) is 0.195. The van der Waals surface area contributed by atoms with Crippen molar-refractivity contribution in [2.24, 2.45) is 0 Å². The molecule has 0 saturated carbocycles. The maximum atomic E-state index is 13.0. The molecule has 0 amide bonds. The van der Waals surface area contributed by atoms with Crippen molar-refractivity contribution in [1.82, 2.24) is 0 Å². The number of halogens is 4. The summed E-state index contributed by atoms with van der Waals surface area (Å²) in [5, 5.41) is 0.239. The highest BCUT2D eigenvalue weighted by molar-refractivity contribution is 6.33. The summed E-state index contributed by atoms with van der Waals surface area (Å²) in [6.45, 7) is 0. The Labute approximate surface area is 125 Å². The summed E-state index contributed by atoms with van der Waals surface area (Å²) in [5.41, 5.74) is 1.29. The molecule has 19 heavy (non-hydrogen) atoms. The van der Waals surface area contributed by atoms with Gasteiger partial charge in [0.15, 0.2) is 0 Å². The van der Waals surface area contributed by atoms with Crippen LogP contribution in [0.3, 0.4) is 0 Å². The number of ether oxygens (including phenoxy) is 1. The average Bonchev–Trinajstić information content (AvgIpc) is 2.38. The molecule has 2 aromatic rings. The van der Waals surface area contributed by atoms with Crippen LogP contribution in [-0.2, 0) is 0 Å². The average molecular weight is 320 g/mol. The number of hydrogen-bond donors (Lipinski definition) is 0. The van der Waals surface area contributed by atoms with Crippen LogP contribution in [0.5, 0.6) is 5.75 Å². The molecule has 0 bridgehead atoms. The molecule has 0 aromatic heterocycles. The van der Waals surface area contributed by atoms with Crippen LogP contribution in [0.4, 0.5) is 4.39 Å². The first kappa shape index (κ1) is 14.4. The van der Waals surface area contributed by atoms with Crippen LogP contribution in [-0.4, -0.2) is 7.11 Å². The van der Waals surface area contributed by atoms with Gasteiger partial charge in [-0.15, -0.1) is 11.6 Å². The van der Waals surface area contributed by atoms with E-state index < -0.39 is 11.2 Å². The molecule has 1 unspecified atom stereocenters. The van der Waals surface area contributed by atoms with Crippen LogP contribution in [0, 0.1) is 5.82 Å². The lowest BCUT2D eigenvalue weighted by atomic mass is 10.0. The van der Waals surface area contributed by atoms with Crippen molar-refractivity contribution in [2.45, 2.75) is 5.38 Å². The Hall–Kier alpha value is -0.960. The van der Waals surface area contributed by atoms with Crippen molar-refractivity contribution in [3.8, 4) is 5.75 Å².